The number of nitrogens with zero attached hydrogens (tertiary/aromatic N) is 1. The third-order valence-electron chi connectivity index (χ3n) is 4.37. The maximum atomic E-state index is 4.56. The highest BCUT2D eigenvalue weighted by Gasteiger charge is 2.37. The predicted octanol–water partition coefficient (Wildman–Crippen LogP) is 4.05. The summed E-state index contributed by atoms with van der Waals surface area (Å²) < 4.78 is 0. The number of hydrogen-bond acceptors (Lipinski definition) is 2. The maximum absolute atomic E-state index is 4.56. The van der Waals surface area contributed by atoms with Crippen molar-refractivity contribution in [3.63, 3.8) is 0 Å². The molecule has 1 N–H and O–H groups in total. The van der Waals surface area contributed by atoms with Crippen molar-refractivity contribution in [2.24, 2.45) is 0 Å². The lowest BCUT2D eigenvalue weighted by atomic mass is 9.93. The molecular formula is C15H22N2. The predicted molar refractivity (Wildman–Crippen MR) is 71.6 cm³/mol. The molecule has 92 valence electrons. The van der Waals surface area contributed by atoms with E-state index < -0.39 is 0 Å². The molecule has 2 unspecified atom stereocenters. The van der Waals surface area contributed by atoms with E-state index in [1.54, 1.807) is 11.1 Å². The zero-order valence-electron chi connectivity index (χ0n) is 10.7. The van der Waals surface area contributed by atoms with Crippen molar-refractivity contribution in [1.29, 1.82) is 0 Å². The molecule has 0 aromatic carbocycles. The fraction of sp³-hybridized carbons (Fsp3) is 0.667. The molecule has 3 rings (SSSR count). The number of pyridine rings is 1. The van der Waals surface area contributed by atoms with Gasteiger partial charge in [0.2, 0.25) is 0 Å². The molecule has 1 fully saturated rings. The summed E-state index contributed by atoms with van der Waals surface area (Å²) in [6.07, 6.45) is 10.1. The fourth-order valence-corrected chi connectivity index (χ4v) is 3.41. The number of rotatable bonds is 5. The van der Waals surface area contributed by atoms with Crippen LogP contribution in [0.15, 0.2) is 12.3 Å². The molecule has 1 aromatic rings. The molecule has 0 aliphatic heterocycles. The highest BCUT2D eigenvalue weighted by Crippen LogP contribution is 2.52. The third kappa shape index (κ3) is 2.05. The van der Waals surface area contributed by atoms with Crippen molar-refractivity contribution in [1.82, 2.24) is 4.98 Å². The lowest BCUT2D eigenvalue weighted by Crippen LogP contribution is -2.06. The second-order valence-electron chi connectivity index (χ2n) is 5.54. The van der Waals surface area contributed by atoms with Gasteiger partial charge < -0.3 is 5.32 Å². The second kappa shape index (κ2) is 4.67. The Hall–Kier alpha value is -1.05. The van der Waals surface area contributed by atoms with Crippen molar-refractivity contribution in [3.05, 3.63) is 23.4 Å². The number of fused-ring (bicyclic) bond motifs is 5. The van der Waals surface area contributed by atoms with Crippen LogP contribution in [0.5, 0.6) is 0 Å². The Morgan fingerprint density at radius 3 is 2.88 bits per heavy atom. The Labute approximate surface area is 104 Å². The molecular weight excluding hydrogens is 208 g/mol. The van der Waals surface area contributed by atoms with E-state index in [0.717, 1.165) is 24.2 Å². The van der Waals surface area contributed by atoms with Crippen molar-refractivity contribution >= 4 is 5.82 Å². The van der Waals surface area contributed by atoms with Crippen LogP contribution < -0.4 is 5.32 Å². The van der Waals surface area contributed by atoms with E-state index in [0.29, 0.717) is 0 Å². The maximum Gasteiger partial charge on any atom is 0.126 e. The van der Waals surface area contributed by atoms with E-state index in [2.05, 4.69) is 29.5 Å². The highest BCUT2D eigenvalue weighted by molar-refractivity contribution is 5.48. The monoisotopic (exact) mass is 230 g/mol. The minimum absolute atomic E-state index is 0.830. The van der Waals surface area contributed by atoms with Gasteiger partial charge in [-0.15, -0.1) is 0 Å². The summed E-state index contributed by atoms with van der Waals surface area (Å²) >= 11 is 0. The Morgan fingerprint density at radius 1 is 1.24 bits per heavy atom. The lowest BCUT2D eigenvalue weighted by Gasteiger charge is -2.15. The SMILES string of the molecule is CCCCCNc1cc2c(cn1)C1CCC2C1. The van der Waals surface area contributed by atoms with Gasteiger partial charge in [0.1, 0.15) is 5.82 Å². The molecule has 17 heavy (non-hydrogen) atoms. The Morgan fingerprint density at radius 2 is 2.06 bits per heavy atom. The number of hydrogen-bond donors (Lipinski definition) is 1. The van der Waals surface area contributed by atoms with Crippen LogP contribution in [-0.4, -0.2) is 11.5 Å². The van der Waals surface area contributed by atoms with Gasteiger partial charge >= 0.3 is 0 Å². The summed E-state index contributed by atoms with van der Waals surface area (Å²) in [6, 6.07) is 2.31. The standard InChI is InChI=1S/C15H22N2/c1-2-3-4-7-16-15-9-13-11-5-6-12(8-11)14(13)10-17-15/h9-12H,2-8H2,1H3,(H,16,17). The smallest absolute Gasteiger partial charge is 0.126 e. The first-order chi connectivity index (χ1) is 8.38. The van der Waals surface area contributed by atoms with Gasteiger partial charge in [-0.05, 0) is 54.7 Å². The highest BCUT2D eigenvalue weighted by atomic mass is 15.0. The van der Waals surface area contributed by atoms with E-state index in [1.807, 2.05) is 0 Å². The number of anilines is 1. The minimum Gasteiger partial charge on any atom is -0.370 e. The molecule has 1 aromatic heterocycles. The Bertz CT molecular complexity index is 400. The normalized spacial score (nSPS) is 25.0. The van der Waals surface area contributed by atoms with Crippen LogP contribution in [0.1, 0.15) is 68.4 Å². The first kappa shape index (κ1) is 11.1. The molecule has 0 amide bonds. The van der Waals surface area contributed by atoms with Gasteiger partial charge in [0.15, 0.2) is 0 Å². The molecule has 2 nitrogen and oxygen atoms in total. The van der Waals surface area contributed by atoms with Crippen LogP contribution in [0.4, 0.5) is 5.82 Å². The zero-order chi connectivity index (χ0) is 11.7. The largest absolute Gasteiger partial charge is 0.370 e. The van der Waals surface area contributed by atoms with Crippen LogP contribution in [0.2, 0.25) is 0 Å². The molecule has 1 saturated carbocycles. The van der Waals surface area contributed by atoms with Gasteiger partial charge in [-0.1, -0.05) is 19.8 Å². The zero-order valence-corrected chi connectivity index (χ0v) is 10.7. The van der Waals surface area contributed by atoms with Crippen molar-refractivity contribution < 1.29 is 0 Å². The molecule has 0 saturated heterocycles. The molecule has 2 atom stereocenters. The molecule has 2 bridgehead atoms. The van der Waals surface area contributed by atoms with Crippen LogP contribution in [-0.2, 0) is 0 Å². The minimum atomic E-state index is 0.830. The topological polar surface area (TPSA) is 24.9 Å². The Kier molecular flexibility index (Phi) is 3.04. The van der Waals surface area contributed by atoms with Crippen LogP contribution in [0.25, 0.3) is 0 Å². The van der Waals surface area contributed by atoms with Crippen molar-refractivity contribution in [2.75, 3.05) is 11.9 Å². The van der Waals surface area contributed by atoms with E-state index in [-0.39, 0.29) is 0 Å². The van der Waals surface area contributed by atoms with E-state index in [1.165, 1.54) is 38.5 Å². The number of aromatic nitrogens is 1. The van der Waals surface area contributed by atoms with Gasteiger partial charge in [0.25, 0.3) is 0 Å². The summed E-state index contributed by atoms with van der Waals surface area (Å²) in [7, 11) is 0. The van der Waals surface area contributed by atoms with Gasteiger partial charge in [0, 0.05) is 12.7 Å². The third-order valence-corrected chi connectivity index (χ3v) is 4.37. The molecule has 2 aliphatic rings. The first-order valence-corrected chi connectivity index (χ1v) is 7.12. The molecule has 2 heteroatoms. The fourth-order valence-electron chi connectivity index (χ4n) is 3.41. The summed E-state index contributed by atoms with van der Waals surface area (Å²) in [4.78, 5) is 4.56. The van der Waals surface area contributed by atoms with Gasteiger partial charge in [-0.25, -0.2) is 4.98 Å². The van der Waals surface area contributed by atoms with Crippen molar-refractivity contribution in [2.45, 2.75) is 57.3 Å². The van der Waals surface area contributed by atoms with E-state index in [9.17, 15) is 0 Å². The molecule has 0 radical (unpaired) electrons. The van der Waals surface area contributed by atoms with E-state index in [4.69, 9.17) is 0 Å². The van der Waals surface area contributed by atoms with Crippen LogP contribution >= 0.6 is 0 Å². The quantitative estimate of drug-likeness (QED) is 0.772. The summed E-state index contributed by atoms with van der Waals surface area (Å²) in [5, 5.41) is 3.46. The second-order valence-corrected chi connectivity index (χ2v) is 5.54. The molecule has 2 aliphatic carbocycles. The Balaban J connectivity index is 1.66. The average molecular weight is 230 g/mol. The summed E-state index contributed by atoms with van der Waals surface area (Å²) in [6.45, 7) is 3.30. The summed E-state index contributed by atoms with van der Waals surface area (Å²) in [5.74, 6) is 2.76. The molecule has 1 heterocycles. The lowest BCUT2D eigenvalue weighted by molar-refractivity contribution is 0.712. The van der Waals surface area contributed by atoms with E-state index >= 15 is 0 Å². The summed E-state index contributed by atoms with van der Waals surface area (Å²) in [5.41, 5.74) is 3.13. The van der Waals surface area contributed by atoms with Gasteiger partial charge in [-0.2, -0.15) is 0 Å². The average Bonchev–Trinajstić information content (AvgIpc) is 2.96. The van der Waals surface area contributed by atoms with Gasteiger partial charge in [0.05, 0.1) is 0 Å². The van der Waals surface area contributed by atoms with Crippen LogP contribution in [0.3, 0.4) is 0 Å². The first-order valence-electron chi connectivity index (χ1n) is 7.12. The van der Waals surface area contributed by atoms with Gasteiger partial charge in [-0.3, -0.25) is 0 Å². The number of unbranched alkanes of at least 4 members (excludes halogenated alkanes) is 2. The van der Waals surface area contributed by atoms with Crippen LogP contribution in [0, 0.1) is 0 Å². The van der Waals surface area contributed by atoms with Crippen molar-refractivity contribution in [3.8, 4) is 0 Å². The number of nitrogens with one attached hydrogen (secondary N) is 1. The molecule has 0 spiro atoms.